The maximum atomic E-state index is 12.4. The summed E-state index contributed by atoms with van der Waals surface area (Å²) in [5, 5.41) is 47.0. The van der Waals surface area contributed by atoms with Gasteiger partial charge < -0.3 is 77.7 Å². The summed E-state index contributed by atoms with van der Waals surface area (Å²) in [6, 6.07) is 29.7. The number of carbonyl (C=O) groups excluding carboxylic acids is 5. The van der Waals surface area contributed by atoms with E-state index in [2.05, 4.69) is 87.5 Å². The van der Waals surface area contributed by atoms with E-state index in [4.69, 9.17) is 81.5 Å². The van der Waals surface area contributed by atoms with E-state index in [1.807, 2.05) is 181 Å². The summed E-state index contributed by atoms with van der Waals surface area (Å²) < 4.78 is 21.8. The number of nitrogens with two attached hydrogens (primary N) is 3. The summed E-state index contributed by atoms with van der Waals surface area (Å²) in [7, 11) is 0. The molecule has 0 aliphatic heterocycles. The van der Waals surface area contributed by atoms with Gasteiger partial charge in [0.1, 0.15) is 63.2 Å². The predicted octanol–water partition coefficient (Wildman–Crippen LogP) is 19.8. The van der Waals surface area contributed by atoms with Crippen molar-refractivity contribution < 1.29 is 42.9 Å². The van der Waals surface area contributed by atoms with E-state index in [0.29, 0.717) is 54.9 Å². The van der Waals surface area contributed by atoms with Crippen molar-refractivity contribution in [2.75, 3.05) is 32.3 Å². The van der Waals surface area contributed by atoms with Crippen LogP contribution in [0.2, 0.25) is 15.5 Å². The number of ether oxygens (including phenoxy) is 4. The van der Waals surface area contributed by atoms with Crippen molar-refractivity contribution in [2.24, 2.45) is 35.1 Å². The number of halogens is 3. The number of fused-ring (bicyclic) bond motifs is 3. The lowest BCUT2D eigenvalue weighted by Crippen LogP contribution is -2.36. The molecule has 0 saturated heterocycles. The highest BCUT2D eigenvalue weighted by molar-refractivity contribution is 6.32. The number of nitrogens with zero attached hydrogens (tertiary/aromatic N) is 11. The van der Waals surface area contributed by atoms with E-state index < -0.39 is 22.7 Å². The Balaban J connectivity index is 0.000000199. The van der Waals surface area contributed by atoms with E-state index in [0.717, 1.165) is 134 Å². The number of rotatable bonds is 19. The van der Waals surface area contributed by atoms with Crippen molar-refractivity contribution in [3.05, 3.63) is 154 Å². The lowest BCUT2D eigenvalue weighted by Gasteiger charge is -2.32. The van der Waals surface area contributed by atoms with Crippen molar-refractivity contribution in [2.45, 2.75) is 265 Å². The second-order valence-electron chi connectivity index (χ2n) is 35.6. The number of benzene rings is 3. The van der Waals surface area contributed by atoms with Gasteiger partial charge in [-0.2, -0.15) is 15.8 Å². The molecule has 3 aromatic carbocycles. The first kappa shape index (κ1) is 100. The normalized spacial score (nSPS) is 18.5. The van der Waals surface area contributed by atoms with Gasteiger partial charge in [-0.05, 0) is 195 Å². The van der Waals surface area contributed by atoms with Crippen LogP contribution in [0, 0.1) is 57.7 Å². The van der Waals surface area contributed by atoms with Gasteiger partial charge in [-0.25, -0.2) is 39.9 Å². The molecule has 0 radical (unpaired) electrons. The Morgan fingerprint density at radius 2 is 0.772 bits per heavy atom. The van der Waals surface area contributed by atoms with Crippen LogP contribution in [0.15, 0.2) is 116 Å². The second-order valence-corrected chi connectivity index (χ2v) is 36.7. The van der Waals surface area contributed by atoms with Gasteiger partial charge in [0.15, 0.2) is 44.7 Å². The molecule has 0 bridgehead atoms. The fourth-order valence-electron chi connectivity index (χ4n) is 15.4. The first-order chi connectivity index (χ1) is 59.8. The molecule has 4 fully saturated rings. The number of hydrogen-bond acceptors (Lipinski definition) is 27. The third-order valence-corrected chi connectivity index (χ3v) is 21.6. The number of para-hydroxylation sites is 3. The van der Waals surface area contributed by atoms with E-state index >= 15 is 0 Å². The summed E-state index contributed by atoms with van der Waals surface area (Å²) in [5.41, 5.74) is 21.1. The van der Waals surface area contributed by atoms with Crippen LogP contribution in [0.25, 0.3) is 32.7 Å². The molecular formula is C93H121Cl3N22O9. The Labute approximate surface area is 758 Å². The zero-order valence-electron chi connectivity index (χ0n) is 73.7. The maximum absolute atomic E-state index is 12.4. The average molecular weight is 1800 g/mol. The predicted molar refractivity (Wildman–Crippen MR) is 498 cm³/mol. The van der Waals surface area contributed by atoms with Crippen molar-refractivity contribution >= 4 is 143 Å². The standard InChI is InChI=1S/C25H32N6O3.C25H30N6O2.C17H23ClN4O2.C12H23NO2.C8H8N2.C5HCl2N3.CH4/c1-25(2,3)34-20(32)13-16-7-4-5-9-17(16)29-19-14-28-22(23(26)33)24(31-19)30-18-10-6-8-15-11-12-27-21(15)18;1-25(2,3)33-22(32)13-17-7-4-5-9-18(17)29-21-15-28-20(14-26)24(31-21)30-19-10-6-8-16-11-12-27-23(16)19;1-17(2,3)24-15(23)8-11-6-4-5-7-12(11)21-14-10-20-13(9-19)16(18)22-14;1-12(2,3)15-11(14)8-9-6-4-5-7-10(9)13;9-7-3-1-2-6-4-5-10-8(6)7;6-4-2-9-3(1-8)5(7)10-4;/h6,8,10-12,14,16-17,27H,4-5,7,9,13H2,1-3H3,(H2,26,33)(H2,29,30,31);6,8,10-12,15,17-18,27H,4-5,7,9,13H2,1-3H3,(H2,29,30,31);10-12H,4-8H2,1-3H3,(H,21,22);9-10H,4-8,13H2,1-3H3;1-5,10H,9H2;2H;1H4/t16-,17-;17-,18-;11-,12-;9-,10-;;;/m1111.../s1. The number of nitriles is 3. The number of nitrogens with one attached hydrogen (secondary N) is 8. The maximum Gasteiger partial charge on any atom is 0.306 e. The zero-order valence-corrected chi connectivity index (χ0v) is 76.0. The smallest absolute Gasteiger partial charge is 0.306 e. The number of nitrogen functional groups attached to an aromatic ring is 1. The highest BCUT2D eigenvalue weighted by Gasteiger charge is 2.34. The van der Waals surface area contributed by atoms with Crippen LogP contribution in [0.5, 0.6) is 0 Å². The highest BCUT2D eigenvalue weighted by Crippen LogP contribution is 2.37. The van der Waals surface area contributed by atoms with Gasteiger partial charge in [0, 0.05) is 65.3 Å². The molecular weight excluding hydrogens is 1680 g/mol. The van der Waals surface area contributed by atoms with Crippen LogP contribution in [-0.4, -0.2) is 131 Å². The van der Waals surface area contributed by atoms with Gasteiger partial charge in [0.05, 0.1) is 77.7 Å². The molecule has 14 rings (SSSR count). The summed E-state index contributed by atoms with van der Waals surface area (Å²) >= 11 is 16.8. The van der Waals surface area contributed by atoms with Gasteiger partial charge in [-0.1, -0.05) is 130 Å². The third-order valence-electron chi connectivity index (χ3n) is 20.9. The molecule has 7 heterocycles. The third kappa shape index (κ3) is 32.5. The number of H-pyrrole nitrogens is 3. The van der Waals surface area contributed by atoms with Crippen LogP contribution in [0.1, 0.15) is 246 Å². The molecule has 7 aromatic heterocycles. The minimum Gasteiger partial charge on any atom is -0.460 e. The van der Waals surface area contributed by atoms with Crippen LogP contribution in [-0.2, 0) is 38.1 Å². The summed E-state index contributed by atoms with van der Waals surface area (Å²) in [4.78, 5) is 103. The molecule has 10 aromatic rings. The van der Waals surface area contributed by atoms with Gasteiger partial charge in [-0.15, -0.1) is 0 Å². The van der Waals surface area contributed by atoms with Crippen molar-refractivity contribution in [1.82, 2.24) is 54.8 Å². The van der Waals surface area contributed by atoms with E-state index in [1.54, 1.807) is 12.3 Å². The molecule has 1 amide bonds. The number of carbonyl (C=O) groups is 5. The fourth-order valence-corrected chi connectivity index (χ4v) is 15.9. The van der Waals surface area contributed by atoms with Crippen molar-refractivity contribution in [3.63, 3.8) is 0 Å². The molecule has 0 unspecified atom stereocenters. The molecule has 31 nitrogen and oxygen atoms in total. The minimum absolute atomic E-state index is 0. The largest absolute Gasteiger partial charge is 0.460 e. The van der Waals surface area contributed by atoms with Crippen molar-refractivity contribution in [3.8, 4) is 18.2 Å². The molecule has 4 saturated carbocycles. The highest BCUT2D eigenvalue weighted by atomic mass is 35.5. The molecule has 678 valence electrons. The zero-order chi connectivity index (χ0) is 91.5. The van der Waals surface area contributed by atoms with E-state index in [9.17, 15) is 29.2 Å². The summed E-state index contributed by atoms with van der Waals surface area (Å²) in [5.74, 6) is 1.79. The topological polar surface area (TPSA) is 482 Å². The number of hydrogen-bond donors (Lipinski definition) is 11. The summed E-state index contributed by atoms with van der Waals surface area (Å²) in [6.45, 7) is 22.6. The minimum atomic E-state index is -0.666. The van der Waals surface area contributed by atoms with Gasteiger partial charge in [-0.3, -0.25) is 24.0 Å². The number of anilines is 8. The Morgan fingerprint density at radius 3 is 1.17 bits per heavy atom. The van der Waals surface area contributed by atoms with E-state index in [-0.39, 0.29) is 123 Å². The molecule has 0 spiro atoms. The van der Waals surface area contributed by atoms with Gasteiger partial charge in [0.2, 0.25) is 0 Å². The van der Waals surface area contributed by atoms with Crippen LogP contribution >= 0.6 is 34.8 Å². The lowest BCUT2D eigenvalue weighted by molar-refractivity contribution is -0.157. The van der Waals surface area contributed by atoms with E-state index in [1.165, 1.54) is 36.8 Å². The Hall–Kier alpha value is -12.0. The van der Waals surface area contributed by atoms with Gasteiger partial charge >= 0.3 is 23.9 Å². The number of aromatic nitrogens is 11. The molecule has 4 aliphatic carbocycles. The summed E-state index contributed by atoms with van der Waals surface area (Å²) in [6.07, 6.45) is 29.8. The fraction of sp³-hybridized carbons (Fsp3) is 0.484. The first-order valence-corrected chi connectivity index (χ1v) is 43.8. The molecule has 127 heavy (non-hydrogen) atoms. The number of esters is 4. The Kier molecular flexibility index (Phi) is 37.2. The van der Waals surface area contributed by atoms with Crippen LogP contribution in [0.3, 0.4) is 0 Å². The number of primary amides is 1. The Bertz CT molecular complexity index is 5460. The second kappa shape index (κ2) is 47.0. The lowest BCUT2D eigenvalue weighted by atomic mass is 9.82. The number of aromatic amines is 3. The van der Waals surface area contributed by atoms with Crippen LogP contribution in [0.4, 0.5) is 46.2 Å². The molecule has 14 N–H and O–H groups in total. The molecule has 4 aliphatic rings. The molecule has 8 atom stereocenters. The monoisotopic (exact) mass is 1790 g/mol. The van der Waals surface area contributed by atoms with Crippen molar-refractivity contribution in [1.29, 1.82) is 15.8 Å². The average Bonchev–Trinajstić information content (AvgIpc) is 1.79. The van der Waals surface area contributed by atoms with Gasteiger partial charge in [0.25, 0.3) is 5.91 Å². The molecule has 34 heteroatoms. The number of amides is 1. The van der Waals surface area contributed by atoms with Crippen LogP contribution < -0.4 is 43.8 Å². The SMILES string of the molecule is C.CC(C)(C)OC(=O)C[C@H]1CCCC[C@H]1N.CC(C)(C)OC(=O)C[C@H]1CCCC[C@H]1Nc1cnc(C#N)c(Cl)n1.CC(C)(C)OC(=O)C[C@H]1CCCC[C@H]1Nc1cnc(C#N)c(Nc2cccc3cc[nH]c23)n1.CC(C)(C)OC(=O)C[C@H]1CCCC[C@H]1Nc1cnc(C(N)=O)c(Nc2cccc3cc[nH]c23)n1.N#Cc1ncc(Cl)nc1Cl.Nc1cccc2cc[nH]c12. The quantitative estimate of drug-likeness (QED) is 0.0203. The Morgan fingerprint density at radius 1 is 0.433 bits per heavy atom. The first-order valence-electron chi connectivity index (χ1n) is 42.6.